The van der Waals surface area contributed by atoms with E-state index in [0.29, 0.717) is 24.1 Å². The van der Waals surface area contributed by atoms with Gasteiger partial charge in [0, 0.05) is 25.9 Å². The van der Waals surface area contributed by atoms with Crippen molar-refractivity contribution in [3.63, 3.8) is 0 Å². The van der Waals surface area contributed by atoms with Crippen molar-refractivity contribution in [1.29, 1.82) is 0 Å². The number of rotatable bonds is 9. The predicted molar refractivity (Wildman–Crippen MR) is 108 cm³/mol. The minimum absolute atomic E-state index is 0.0742. The quantitative estimate of drug-likeness (QED) is 0.613. The van der Waals surface area contributed by atoms with Crippen molar-refractivity contribution < 1.29 is 9.59 Å². The van der Waals surface area contributed by atoms with Crippen molar-refractivity contribution in [2.45, 2.75) is 70.0 Å². The minimum Gasteiger partial charge on any atom is -0.370 e. The van der Waals surface area contributed by atoms with Crippen molar-refractivity contribution in [3.8, 4) is 0 Å². The summed E-state index contributed by atoms with van der Waals surface area (Å²) >= 11 is 1.41. The van der Waals surface area contributed by atoms with E-state index in [-0.39, 0.29) is 18.2 Å². The van der Waals surface area contributed by atoms with Crippen molar-refractivity contribution in [2.75, 3.05) is 12.3 Å². The molecule has 0 atom stereocenters. The molecule has 4 aliphatic rings. The molecule has 4 saturated carbocycles. The first-order valence-electron chi connectivity index (χ1n) is 10.6. The Kier molecular flexibility index (Phi) is 5.67. The van der Waals surface area contributed by atoms with E-state index in [9.17, 15) is 9.59 Å². The lowest BCUT2D eigenvalue weighted by Gasteiger charge is -2.56. The Morgan fingerprint density at radius 3 is 2.39 bits per heavy atom. The van der Waals surface area contributed by atoms with Crippen LogP contribution in [0, 0.1) is 23.2 Å². The third-order valence-electron chi connectivity index (χ3n) is 6.86. The van der Waals surface area contributed by atoms with Gasteiger partial charge >= 0.3 is 0 Å². The number of hydrogen-bond acceptors (Lipinski definition) is 5. The molecule has 2 amide bonds. The molecule has 4 bridgehead atoms. The van der Waals surface area contributed by atoms with Crippen molar-refractivity contribution in [1.82, 2.24) is 20.1 Å². The van der Waals surface area contributed by atoms with Crippen LogP contribution < -0.4 is 11.1 Å². The second-order valence-electron chi connectivity index (χ2n) is 9.09. The first kappa shape index (κ1) is 19.7. The van der Waals surface area contributed by atoms with Gasteiger partial charge < -0.3 is 15.6 Å². The number of nitrogens with zero attached hydrogens (tertiary/aromatic N) is 3. The van der Waals surface area contributed by atoms with E-state index < -0.39 is 0 Å². The molecule has 0 unspecified atom stereocenters. The molecular formula is C20H31N5O2S. The van der Waals surface area contributed by atoms with Gasteiger partial charge in [-0.3, -0.25) is 9.59 Å². The first-order valence-corrected chi connectivity index (χ1v) is 11.5. The van der Waals surface area contributed by atoms with Crippen LogP contribution in [0.4, 0.5) is 0 Å². The van der Waals surface area contributed by atoms with Gasteiger partial charge in [-0.2, -0.15) is 0 Å². The lowest BCUT2D eigenvalue weighted by molar-refractivity contribution is -0.121. The third-order valence-corrected chi connectivity index (χ3v) is 7.83. The lowest BCUT2D eigenvalue weighted by atomic mass is 9.49. The molecular weight excluding hydrogens is 374 g/mol. The normalized spacial score (nSPS) is 30.5. The zero-order chi connectivity index (χ0) is 19.7. The molecule has 28 heavy (non-hydrogen) atoms. The summed E-state index contributed by atoms with van der Waals surface area (Å²) in [6, 6.07) is 0. The number of amides is 2. The van der Waals surface area contributed by atoms with E-state index in [1.165, 1.54) is 50.3 Å². The highest BCUT2D eigenvalue weighted by Crippen LogP contribution is 2.59. The highest BCUT2D eigenvalue weighted by molar-refractivity contribution is 7.99. The van der Waals surface area contributed by atoms with Gasteiger partial charge in [-0.25, -0.2) is 0 Å². The molecule has 1 aromatic heterocycles. The van der Waals surface area contributed by atoms with Crippen LogP contribution in [0.25, 0.3) is 0 Å². The van der Waals surface area contributed by atoms with Crippen LogP contribution in [0.5, 0.6) is 0 Å². The van der Waals surface area contributed by atoms with Crippen molar-refractivity contribution in [2.24, 2.45) is 28.9 Å². The molecule has 154 valence electrons. The number of aryl methyl sites for hydroxylation is 1. The van der Waals surface area contributed by atoms with Gasteiger partial charge in [0.15, 0.2) is 5.16 Å². The molecule has 5 rings (SSSR count). The molecule has 8 heteroatoms. The molecule has 4 aliphatic carbocycles. The maximum Gasteiger partial charge on any atom is 0.230 e. The molecule has 0 aromatic carbocycles. The highest BCUT2D eigenvalue weighted by atomic mass is 32.2. The summed E-state index contributed by atoms with van der Waals surface area (Å²) in [5.41, 5.74) is 5.58. The molecule has 1 heterocycles. The SMILES string of the molecule is CCn1c(CCC(N)=O)nnc1SCC(=O)NCC12CC3CC(CC(C3)C1)C2. The van der Waals surface area contributed by atoms with Crippen LogP contribution in [0.15, 0.2) is 5.16 Å². The molecule has 0 radical (unpaired) electrons. The molecule has 3 N–H and O–H groups in total. The molecule has 7 nitrogen and oxygen atoms in total. The van der Waals surface area contributed by atoms with Gasteiger partial charge in [0.2, 0.25) is 11.8 Å². The van der Waals surface area contributed by atoms with Crippen LogP contribution in [0.1, 0.15) is 57.7 Å². The van der Waals surface area contributed by atoms with Crippen molar-refractivity contribution in [3.05, 3.63) is 5.82 Å². The van der Waals surface area contributed by atoms with Gasteiger partial charge in [-0.05, 0) is 68.6 Å². The summed E-state index contributed by atoms with van der Waals surface area (Å²) in [6.45, 7) is 3.55. The Balaban J connectivity index is 1.28. The van der Waals surface area contributed by atoms with Gasteiger partial charge in [-0.1, -0.05) is 11.8 Å². The van der Waals surface area contributed by atoms with Crippen LogP contribution in [-0.4, -0.2) is 38.9 Å². The molecule has 4 fully saturated rings. The number of thioether (sulfide) groups is 1. The van der Waals surface area contributed by atoms with Crippen LogP contribution in [0.2, 0.25) is 0 Å². The van der Waals surface area contributed by atoms with Crippen LogP contribution in [0.3, 0.4) is 0 Å². The topological polar surface area (TPSA) is 103 Å². The number of carbonyl (C=O) groups is 2. The Hall–Kier alpha value is -1.57. The summed E-state index contributed by atoms with van der Waals surface area (Å²) < 4.78 is 1.96. The number of aromatic nitrogens is 3. The zero-order valence-electron chi connectivity index (χ0n) is 16.7. The van der Waals surface area contributed by atoms with Gasteiger partial charge in [0.25, 0.3) is 0 Å². The predicted octanol–water partition coefficient (Wildman–Crippen LogP) is 2.14. The van der Waals surface area contributed by atoms with Gasteiger partial charge in [-0.15, -0.1) is 10.2 Å². The largest absolute Gasteiger partial charge is 0.370 e. The lowest BCUT2D eigenvalue weighted by Crippen LogP contribution is -2.51. The number of nitrogens with one attached hydrogen (secondary N) is 1. The third kappa shape index (κ3) is 4.21. The molecule has 0 spiro atoms. The second kappa shape index (κ2) is 8.05. The fourth-order valence-electron chi connectivity index (χ4n) is 6.14. The van der Waals surface area contributed by atoms with E-state index in [1.54, 1.807) is 0 Å². The number of primary amides is 1. The van der Waals surface area contributed by atoms with Crippen LogP contribution in [-0.2, 0) is 22.6 Å². The van der Waals surface area contributed by atoms with Crippen LogP contribution >= 0.6 is 11.8 Å². The fourth-order valence-corrected chi connectivity index (χ4v) is 6.99. The number of nitrogens with two attached hydrogens (primary N) is 1. The van der Waals surface area contributed by atoms with E-state index >= 15 is 0 Å². The van der Waals surface area contributed by atoms with Crippen molar-refractivity contribution >= 4 is 23.6 Å². The summed E-state index contributed by atoms with van der Waals surface area (Å²) in [5, 5.41) is 12.3. The Morgan fingerprint density at radius 2 is 1.82 bits per heavy atom. The number of hydrogen-bond donors (Lipinski definition) is 2. The van der Waals surface area contributed by atoms with Gasteiger partial charge in [0.05, 0.1) is 5.75 Å². The first-order chi connectivity index (χ1) is 13.5. The highest BCUT2D eigenvalue weighted by Gasteiger charge is 2.50. The van der Waals surface area contributed by atoms with E-state index in [4.69, 9.17) is 5.73 Å². The van der Waals surface area contributed by atoms with Gasteiger partial charge in [0.1, 0.15) is 5.82 Å². The molecule has 0 saturated heterocycles. The molecule has 0 aliphatic heterocycles. The second-order valence-corrected chi connectivity index (χ2v) is 10.0. The fraction of sp³-hybridized carbons (Fsp3) is 0.800. The molecule has 1 aromatic rings. The zero-order valence-corrected chi connectivity index (χ0v) is 17.5. The van der Waals surface area contributed by atoms with E-state index in [2.05, 4.69) is 15.5 Å². The summed E-state index contributed by atoms with van der Waals surface area (Å²) in [7, 11) is 0. The smallest absolute Gasteiger partial charge is 0.230 e. The summed E-state index contributed by atoms with van der Waals surface area (Å²) in [5.74, 6) is 3.53. The van der Waals surface area contributed by atoms with E-state index in [0.717, 1.165) is 35.3 Å². The number of carbonyl (C=O) groups excluding carboxylic acids is 2. The minimum atomic E-state index is -0.344. The van der Waals surface area contributed by atoms with E-state index in [1.807, 2.05) is 11.5 Å². The average Bonchev–Trinajstić information content (AvgIpc) is 3.04. The summed E-state index contributed by atoms with van der Waals surface area (Å²) in [4.78, 5) is 23.5. The Bertz CT molecular complexity index is 712. The maximum atomic E-state index is 12.5. The Morgan fingerprint density at radius 1 is 1.18 bits per heavy atom. The maximum absolute atomic E-state index is 12.5. The standard InChI is InChI=1S/C20H31N5O2S/c1-2-25-17(4-3-16(21)26)23-24-19(25)28-11-18(27)22-12-20-8-13-5-14(9-20)7-15(6-13)10-20/h13-15H,2-12H2,1H3,(H2,21,26)(H,22,27). The average molecular weight is 406 g/mol. The Labute approximate surface area is 170 Å². The summed E-state index contributed by atoms with van der Waals surface area (Å²) in [6.07, 6.45) is 8.93. The monoisotopic (exact) mass is 405 g/mol.